The van der Waals surface area contributed by atoms with Gasteiger partial charge in [-0.25, -0.2) is 4.79 Å². The fourth-order valence-electron chi connectivity index (χ4n) is 2.90. The average Bonchev–Trinajstić information content (AvgIpc) is 2.40. The highest BCUT2D eigenvalue weighted by atomic mass is 16.4. The molecule has 21 heavy (non-hydrogen) atoms. The SMILES string of the molecule is Cc1ccc2c(CN3CCC(C)(O)CC3)cc(=O)oc2c1. The second-order valence-electron chi connectivity index (χ2n) is 6.36. The van der Waals surface area contributed by atoms with Gasteiger partial charge in [-0.05, 0) is 43.9 Å². The summed E-state index contributed by atoms with van der Waals surface area (Å²) in [4.78, 5) is 14.0. The molecule has 0 radical (unpaired) electrons. The molecule has 1 saturated heterocycles. The number of hydrogen-bond acceptors (Lipinski definition) is 4. The minimum atomic E-state index is -0.550. The number of nitrogens with zero attached hydrogens (tertiary/aromatic N) is 1. The Kier molecular flexibility index (Phi) is 3.59. The van der Waals surface area contributed by atoms with Crippen LogP contribution in [0.4, 0.5) is 0 Å². The predicted molar refractivity (Wildman–Crippen MR) is 82.4 cm³/mol. The van der Waals surface area contributed by atoms with Crippen molar-refractivity contribution < 1.29 is 9.52 Å². The molecule has 1 aromatic heterocycles. The molecule has 0 saturated carbocycles. The zero-order valence-electron chi connectivity index (χ0n) is 12.6. The molecule has 4 heteroatoms. The van der Waals surface area contributed by atoms with Gasteiger partial charge in [0, 0.05) is 31.1 Å². The second kappa shape index (κ2) is 5.28. The van der Waals surface area contributed by atoms with Crippen LogP contribution >= 0.6 is 0 Å². The summed E-state index contributed by atoms with van der Waals surface area (Å²) in [5.41, 5.74) is 1.89. The summed E-state index contributed by atoms with van der Waals surface area (Å²) < 4.78 is 5.29. The normalized spacial score (nSPS) is 19.0. The van der Waals surface area contributed by atoms with E-state index in [-0.39, 0.29) is 5.63 Å². The van der Waals surface area contributed by atoms with E-state index in [1.54, 1.807) is 6.07 Å². The van der Waals surface area contributed by atoms with Crippen molar-refractivity contribution in [1.82, 2.24) is 4.90 Å². The highest BCUT2D eigenvalue weighted by Gasteiger charge is 2.27. The Hall–Kier alpha value is -1.65. The molecule has 0 atom stereocenters. The third kappa shape index (κ3) is 3.17. The Bertz CT molecular complexity index is 708. The first kappa shape index (κ1) is 14.3. The minimum absolute atomic E-state index is 0.299. The van der Waals surface area contributed by atoms with Gasteiger partial charge in [0.25, 0.3) is 0 Å². The third-order valence-electron chi connectivity index (χ3n) is 4.31. The summed E-state index contributed by atoms with van der Waals surface area (Å²) in [5, 5.41) is 11.0. The summed E-state index contributed by atoms with van der Waals surface area (Å²) in [6.07, 6.45) is 1.54. The maximum absolute atomic E-state index is 11.7. The van der Waals surface area contributed by atoms with E-state index < -0.39 is 5.60 Å². The van der Waals surface area contributed by atoms with E-state index >= 15 is 0 Å². The molecule has 0 bridgehead atoms. The molecule has 0 spiro atoms. The van der Waals surface area contributed by atoms with Gasteiger partial charge in [-0.1, -0.05) is 12.1 Å². The molecule has 2 aromatic rings. The molecular weight excluding hydrogens is 266 g/mol. The Morgan fingerprint density at radius 2 is 2.00 bits per heavy atom. The summed E-state index contributed by atoms with van der Waals surface area (Å²) in [5.74, 6) is 0. The van der Waals surface area contributed by atoms with Gasteiger partial charge in [0.15, 0.2) is 0 Å². The molecule has 4 nitrogen and oxygen atoms in total. The van der Waals surface area contributed by atoms with E-state index in [4.69, 9.17) is 4.42 Å². The van der Waals surface area contributed by atoms with Gasteiger partial charge in [0.1, 0.15) is 5.58 Å². The van der Waals surface area contributed by atoms with Gasteiger partial charge in [-0.3, -0.25) is 4.90 Å². The molecule has 0 aliphatic carbocycles. The van der Waals surface area contributed by atoms with E-state index in [0.717, 1.165) is 49.0 Å². The summed E-state index contributed by atoms with van der Waals surface area (Å²) in [7, 11) is 0. The molecule has 3 rings (SSSR count). The molecule has 0 unspecified atom stereocenters. The smallest absolute Gasteiger partial charge is 0.336 e. The van der Waals surface area contributed by atoms with Gasteiger partial charge in [0.05, 0.1) is 5.60 Å². The number of aryl methyl sites for hydroxylation is 1. The molecule has 1 aromatic carbocycles. The van der Waals surface area contributed by atoms with Crippen LogP contribution < -0.4 is 5.63 Å². The first-order chi connectivity index (χ1) is 9.93. The lowest BCUT2D eigenvalue weighted by Crippen LogP contribution is -2.42. The van der Waals surface area contributed by atoms with Crippen LogP contribution in [0.3, 0.4) is 0 Å². The highest BCUT2D eigenvalue weighted by Crippen LogP contribution is 2.24. The number of benzene rings is 1. The maximum atomic E-state index is 11.7. The quantitative estimate of drug-likeness (QED) is 0.862. The molecule has 2 heterocycles. The van der Waals surface area contributed by atoms with E-state index in [1.807, 2.05) is 32.0 Å². The number of piperidine rings is 1. The first-order valence-corrected chi connectivity index (χ1v) is 7.41. The van der Waals surface area contributed by atoms with Gasteiger partial charge in [-0.15, -0.1) is 0 Å². The molecule has 1 fully saturated rings. The number of likely N-dealkylation sites (tertiary alicyclic amines) is 1. The van der Waals surface area contributed by atoms with Crippen LogP contribution in [-0.4, -0.2) is 28.7 Å². The van der Waals surface area contributed by atoms with E-state index in [0.29, 0.717) is 5.58 Å². The predicted octanol–water partition coefficient (Wildman–Crippen LogP) is 2.45. The van der Waals surface area contributed by atoms with Crippen molar-refractivity contribution in [3.05, 3.63) is 45.8 Å². The summed E-state index contributed by atoms with van der Waals surface area (Å²) >= 11 is 0. The molecule has 1 aliphatic heterocycles. The van der Waals surface area contributed by atoms with Crippen molar-refractivity contribution in [2.45, 2.75) is 38.8 Å². The van der Waals surface area contributed by atoms with Crippen LogP contribution in [0, 0.1) is 6.92 Å². The number of fused-ring (bicyclic) bond motifs is 1. The lowest BCUT2D eigenvalue weighted by molar-refractivity contribution is -0.00723. The maximum Gasteiger partial charge on any atom is 0.336 e. The molecule has 0 amide bonds. The van der Waals surface area contributed by atoms with Crippen LogP contribution in [0.5, 0.6) is 0 Å². The standard InChI is InChI=1S/C17H21NO3/c1-12-3-4-14-13(10-16(19)21-15(14)9-12)11-18-7-5-17(2,20)6-8-18/h3-4,9-10,20H,5-8,11H2,1-2H3. The molecule has 112 valence electrons. The largest absolute Gasteiger partial charge is 0.423 e. The fraction of sp³-hybridized carbons (Fsp3) is 0.471. The van der Waals surface area contributed by atoms with Crippen LogP contribution in [0.1, 0.15) is 30.9 Å². The second-order valence-corrected chi connectivity index (χ2v) is 6.36. The Morgan fingerprint density at radius 3 is 2.71 bits per heavy atom. The van der Waals surface area contributed by atoms with E-state index in [9.17, 15) is 9.90 Å². The average molecular weight is 287 g/mol. The van der Waals surface area contributed by atoms with E-state index in [1.165, 1.54) is 0 Å². The van der Waals surface area contributed by atoms with Crippen LogP contribution in [-0.2, 0) is 6.54 Å². The Labute approximate surface area is 124 Å². The van der Waals surface area contributed by atoms with Crippen molar-refractivity contribution >= 4 is 11.0 Å². The van der Waals surface area contributed by atoms with Gasteiger partial charge < -0.3 is 9.52 Å². The lowest BCUT2D eigenvalue weighted by Gasteiger charge is -2.35. The first-order valence-electron chi connectivity index (χ1n) is 7.41. The third-order valence-corrected chi connectivity index (χ3v) is 4.31. The zero-order valence-corrected chi connectivity index (χ0v) is 12.6. The molecule has 1 N–H and O–H groups in total. The van der Waals surface area contributed by atoms with Gasteiger partial charge in [0.2, 0.25) is 0 Å². The number of hydrogen-bond donors (Lipinski definition) is 1. The van der Waals surface area contributed by atoms with Crippen molar-refractivity contribution in [1.29, 1.82) is 0 Å². The van der Waals surface area contributed by atoms with Crippen molar-refractivity contribution in [2.75, 3.05) is 13.1 Å². The number of rotatable bonds is 2. The van der Waals surface area contributed by atoms with Crippen molar-refractivity contribution in [3.8, 4) is 0 Å². The van der Waals surface area contributed by atoms with Crippen molar-refractivity contribution in [3.63, 3.8) is 0 Å². The fourth-order valence-corrected chi connectivity index (χ4v) is 2.90. The highest BCUT2D eigenvalue weighted by molar-refractivity contribution is 5.80. The zero-order chi connectivity index (χ0) is 15.0. The van der Waals surface area contributed by atoms with Crippen molar-refractivity contribution in [2.24, 2.45) is 0 Å². The molecule has 1 aliphatic rings. The van der Waals surface area contributed by atoms with Gasteiger partial charge in [-0.2, -0.15) is 0 Å². The summed E-state index contributed by atoms with van der Waals surface area (Å²) in [6.45, 7) is 6.29. The van der Waals surface area contributed by atoms with Crippen LogP contribution in [0.2, 0.25) is 0 Å². The Morgan fingerprint density at radius 1 is 1.29 bits per heavy atom. The Balaban J connectivity index is 1.89. The van der Waals surface area contributed by atoms with Crippen LogP contribution in [0.25, 0.3) is 11.0 Å². The topological polar surface area (TPSA) is 53.7 Å². The lowest BCUT2D eigenvalue weighted by atomic mass is 9.93. The summed E-state index contributed by atoms with van der Waals surface area (Å²) in [6, 6.07) is 7.54. The minimum Gasteiger partial charge on any atom is -0.423 e. The number of aliphatic hydroxyl groups is 1. The monoisotopic (exact) mass is 287 g/mol. The molecular formula is C17H21NO3. The van der Waals surface area contributed by atoms with E-state index in [2.05, 4.69) is 4.90 Å². The van der Waals surface area contributed by atoms with Crippen LogP contribution in [0.15, 0.2) is 33.5 Å². The van der Waals surface area contributed by atoms with Gasteiger partial charge >= 0.3 is 5.63 Å².